The van der Waals surface area contributed by atoms with Crippen molar-refractivity contribution >= 4 is 5.97 Å². The van der Waals surface area contributed by atoms with Crippen LogP contribution < -0.4 is 0 Å². The minimum absolute atomic E-state index is 0.176. The normalized spacial score (nSPS) is 5.62. The van der Waals surface area contributed by atoms with Gasteiger partial charge in [-0.2, -0.15) is 5.26 Å². The van der Waals surface area contributed by atoms with Crippen molar-refractivity contribution < 1.29 is 9.90 Å². The SMILES string of the molecule is C=C(C)C(=O)O.C=CC.C=CC#N. The highest BCUT2D eigenvalue weighted by Gasteiger charge is 1.90. The molecule has 0 bridgehead atoms. The predicted molar refractivity (Wildman–Crippen MR) is 54.1 cm³/mol. The zero-order valence-electron chi connectivity index (χ0n) is 8.08. The van der Waals surface area contributed by atoms with Crippen molar-refractivity contribution in [3.63, 3.8) is 0 Å². The molecule has 0 heterocycles. The lowest BCUT2D eigenvalue weighted by molar-refractivity contribution is -0.132. The molecule has 0 aromatic heterocycles. The fourth-order valence-electron chi connectivity index (χ4n) is 0. The number of carbonyl (C=O) groups is 1. The number of nitrogens with zero attached hydrogens (tertiary/aromatic N) is 1. The quantitative estimate of drug-likeness (QED) is 0.384. The number of hydrogen-bond donors (Lipinski definition) is 1. The van der Waals surface area contributed by atoms with Crippen LogP contribution >= 0.6 is 0 Å². The number of hydrogen-bond acceptors (Lipinski definition) is 2. The minimum Gasteiger partial charge on any atom is -0.478 e. The van der Waals surface area contributed by atoms with Crippen LogP contribution in [0.25, 0.3) is 0 Å². The van der Waals surface area contributed by atoms with Gasteiger partial charge in [0.15, 0.2) is 0 Å². The Balaban J connectivity index is -0.000000125. The highest BCUT2D eigenvalue weighted by molar-refractivity contribution is 5.84. The third kappa shape index (κ3) is 67.4. The summed E-state index contributed by atoms with van der Waals surface area (Å²) in [5, 5.41) is 15.4. The summed E-state index contributed by atoms with van der Waals surface area (Å²) in [7, 11) is 0. The lowest BCUT2D eigenvalue weighted by atomic mass is 10.4. The van der Waals surface area contributed by atoms with Gasteiger partial charge in [0.2, 0.25) is 0 Å². The van der Waals surface area contributed by atoms with Crippen LogP contribution in [0.4, 0.5) is 0 Å². The molecule has 0 spiro atoms. The van der Waals surface area contributed by atoms with E-state index in [0.717, 1.165) is 0 Å². The highest BCUT2D eigenvalue weighted by Crippen LogP contribution is 1.81. The second-order valence-corrected chi connectivity index (χ2v) is 1.83. The van der Waals surface area contributed by atoms with Crippen molar-refractivity contribution in [3.05, 3.63) is 37.5 Å². The molecule has 13 heavy (non-hydrogen) atoms. The average molecular weight is 181 g/mol. The van der Waals surface area contributed by atoms with Gasteiger partial charge in [-0.15, -0.1) is 6.58 Å². The Morgan fingerprint density at radius 2 is 1.69 bits per heavy atom. The molecule has 3 nitrogen and oxygen atoms in total. The van der Waals surface area contributed by atoms with Gasteiger partial charge in [0, 0.05) is 11.6 Å². The van der Waals surface area contributed by atoms with Crippen molar-refractivity contribution in [1.29, 1.82) is 5.26 Å². The molecule has 0 saturated heterocycles. The van der Waals surface area contributed by atoms with Crippen molar-refractivity contribution in [2.24, 2.45) is 0 Å². The van der Waals surface area contributed by atoms with E-state index in [4.69, 9.17) is 10.4 Å². The molecule has 0 aliphatic heterocycles. The van der Waals surface area contributed by atoms with E-state index < -0.39 is 5.97 Å². The lowest BCUT2D eigenvalue weighted by Crippen LogP contribution is -1.92. The topological polar surface area (TPSA) is 61.1 Å². The Bertz CT molecular complexity index is 199. The van der Waals surface area contributed by atoms with Gasteiger partial charge >= 0.3 is 5.97 Å². The maximum absolute atomic E-state index is 9.60. The van der Waals surface area contributed by atoms with E-state index in [1.165, 1.54) is 13.0 Å². The van der Waals surface area contributed by atoms with Gasteiger partial charge in [0.05, 0.1) is 6.07 Å². The molecule has 1 N–H and O–H groups in total. The smallest absolute Gasteiger partial charge is 0.330 e. The van der Waals surface area contributed by atoms with Gasteiger partial charge in [-0.1, -0.05) is 19.2 Å². The minimum atomic E-state index is -0.935. The van der Waals surface area contributed by atoms with E-state index in [-0.39, 0.29) is 5.57 Å². The van der Waals surface area contributed by atoms with Gasteiger partial charge in [-0.25, -0.2) is 4.79 Å². The summed E-state index contributed by atoms with van der Waals surface area (Å²) in [4.78, 5) is 9.60. The molecule has 0 aromatic carbocycles. The molecule has 0 atom stereocenters. The first-order valence-corrected chi connectivity index (χ1v) is 3.44. The van der Waals surface area contributed by atoms with Crippen LogP contribution in [0.3, 0.4) is 0 Å². The first kappa shape index (κ1) is 17.3. The molecule has 72 valence electrons. The molecular formula is C10H15NO2. The summed E-state index contributed by atoms with van der Waals surface area (Å²) in [5.74, 6) is -0.935. The Morgan fingerprint density at radius 3 is 1.69 bits per heavy atom. The Labute approximate surface area is 79.3 Å². The van der Waals surface area contributed by atoms with Crippen molar-refractivity contribution in [3.8, 4) is 6.07 Å². The van der Waals surface area contributed by atoms with Crippen molar-refractivity contribution in [2.45, 2.75) is 13.8 Å². The number of carboxylic acids is 1. The van der Waals surface area contributed by atoms with Crippen LogP contribution in [-0.2, 0) is 4.79 Å². The van der Waals surface area contributed by atoms with Crippen LogP contribution in [0.15, 0.2) is 37.5 Å². The zero-order chi connectivity index (χ0) is 11.3. The standard InChI is InChI=1S/C4H6O2.C3H3N.C3H6/c1-3(2)4(5)6;1-2-3-4;1-3-2/h1H2,2H3,(H,5,6);2H,1H2;3H,1H2,2H3. The molecule has 0 aliphatic carbocycles. The fourth-order valence-corrected chi connectivity index (χ4v) is 0. The molecule has 3 heteroatoms. The third-order valence-electron chi connectivity index (χ3n) is 0.456. The molecule has 0 aromatic rings. The Morgan fingerprint density at radius 1 is 1.54 bits per heavy atom. The second kappa shape index (κ2) is 16.6. The van der Waals surface area contributed by atoms with E-state index in [9.17, 15) is 4.79 Å². The number of nitriles is 1. The average Bonchev–Trinajstić information content (AvgIpc) is 2.06. The van der Waals surface area contributed by atoms with Crippen LogP contribution in [0.2, 0.25) is 0 Å². The molecule has 0 aliphatic rings. The van der Waals surface area contributed by atoms with Crippen LogP contribution in [0, 0.1) is 11.3 Å². The first-order valence-electron chi connectivity index (χ1n) is 3.44. The van der Waals surface area contributed by atoms with Crippen molar-refractivity contribution in [2.75, 3.05) is 0 Å². The summed E-state index contributed by atoms with van der Waals surface area (Å²) < 4.78 is 0. The Hall–Kier alpha value is -1.82. The van der Waals surface area contributed by atoms with Crippen LogP contribution in [0.5, 0.6) is 0 Å². The lowest BCUT2D eigenvalue weighted by Gasteiger charge is -1.79. The van der Waals surface area contributed by atoms with E-state index in [1.807, 2.05) is 6.92 Å². The zero-order valence-corrected chi connectivity index (χ0v) is 8.08. The van der Waals surface area contributed by atoms with Gasteiger partial charge in [-0.05, 0) is 13.8 Å². The summed E-state index contributed by atoms with van der Waals surface area (Å²) in [6.07, 6.45) is 2.93. The summed E-state index contributed by atoms with van der Waals surface area (Å²) in [6, 6.07) is 1.69. The Kier molecular flexibility index (Phi) is 22.2. The van der Waals surface area contributed by atoms with E-state index in [0.29, 0.717) is 0 Å². The highest BCUT2D eigenvalue weighted by atomic mass is 16.4. The summed E-state index contributed by atoms with van der Waals surface area (Å²) >= 11 is 0. The molecule has 0 radical (unpaired) electrons. The molecule has 0 fully saturated rings. The van der Waals surface area contributed by atoms with E-state index in [1.54, 1.807) is 12.1 Å². The molecule has 0 saturated carbocycles. The summed E-state index contributed by atoms with van der Waals surface area (Å²) in [5.41, 5.74) is 0.176. The summed E-state index contributed by atoms with van der Waals surface area (Å²) in [6.45, 7) is 13.0. The van der Waals surface area contributed by atoms with Crippen molar-refractivity contribution in [1.82, 2.24) is 0 Å². The largest absolute Gasteiger partial charge is 0.478 e. The molecule has 0 amide bonds. The van der Waals surface area contributed by atoms with Gasteiger partial charge < -0.3 is 5.11 Å². The number of rotatable bonds is 1. The molecule has 0 unspecified atom stereocenters. The second-order valence-electron chi connectivity index (χ2n) is 1.83. The number of aliphatic carboxylic acids is 1. The van der Waals surface area contributed by atoms with E-state index in [2.05, 4.69) is 19.7 Å². The van der Waals surface area contributed by atoms with Gasteiger partial charge in [0.25, 0.3) is 0 Å². The van der Waals surface area contributed by atoms with E-state index >= 15 is 0 Å². The number of carboxylic acid groups (broad SMARTS) is 1. The third-order valence-corrected chi connectivity index (χ3v) is 0.456. The first-order chi connectivity index (χ1) is 5.97. The number of allylic oxidation sites excluding steroid dienone is 2. The van der Waals surface area contributed by atoms with Gasteiger partial charge in [-0.3, -0.25) is 0 Å². The van der Waals surface area contributed by atoms with Crippen LogP contribution in [-0.4, -0.2) is 11.1 Å². The maximum Gasteiger partial charge on any atom is 0.330 e. The molecule has 0 rings (SSSR count). The molecular weight excluding hydrogens is 166 g/mol. The fraction of sp³-hybridized carbons (Fsp3) is 0.200. The monoisotopic (exact) mass is 181 g/mol. The van der Waals surface area contributed by atoms with Gasteiger partial charge in [0.1, 0.15) is 0 Å². The van der Waals surface area contributed by atoms with Crippen LogP contribution in [0.1, 0.15) is 13.8 Å². The predicted octanol–water partition coefficient (Wildman–Crippen LogP) is 2.54. The maximum atomic E-state index is 9.60.